The SMILES string of the molecule is CC(C)(C)c1cc(-c2cccc3cccc(-c4ccccc4N(c4cccc(-c5ccc6c7ccccc7n(-c7ccccc7)c6c5)c4)c4ccccc4-c4cccc5c4ccc4ccccc45)c23)cc(C(C)(C)C)c1. The molecule has 0 saturated heterocycles. The molecule has 366 valence electrons. The van der Waals surface area contributed by atoms with E-state index in [1.54, 1.807) is 0 Å². The zero-order chi connectivity index (χ0) is 51.7. The normalized spacial score (nSPS) is 12.1. The molecule has 0 aliphatic heterocycles. The number of hydrogen-bond acceptors (Lipinski definition) is 1. The van der Waals surface area contributed by atoms with Crippen molar-refractivity contribution in [2.45, 2.75) is 52.4 Å². The first-order valence-corrected chi connectivity index (χ1v) is 26.7. The highest BCUT2D eigenvalue weighted by Gasteiger charge is 2.26. The van der Waals surface area contributed by atoms with Crippen LogP contribution in [-0.4, -0.2) is 4.57 Å². The zero-order valence-corrected chi connectivity index (χ0v) is 44.1. The van der Waals surface area contributed by atoms with E-state index in [2.05, 4.69) is 306 Å². The van der Waals surface area contributed by atoms with Crippen LogP contribution in [0.2, 0.25) is 0 Å². The summed E-state index contributed by atoms with van der Waals surface area (Å²) >= 11 is 0. The van der Waals surface area contributed by atoms with Crippen LogP contribution in [0.3, 0.4) is 0 Å². The number of aromatic nitrogens is 1. The van der Waals surface area contributed by atoms with Crippen LogP contribution in [0.5, 0.6) is 0 Å². The van der Waals surface area contributed by atoms with Gasteiger partial charge in [0.25, 0.3) is 0 Å². The van der Waals surface area contributed by atoms with Crippen molar-refractivity contribution in [2.75, 3.05) is 4.90 Å². The molecule has 0 amide bonds. The molecule has 1 aromatic heterocycles. The van der Waals surface area contributed by atoms with E-state index in [0.29, 0.717) is 0 Å². The predicted molar refractivity (Wildman–Crippen MR) is 327 cm³/mol. The summed E-state index contributed by atoms with van der Waals surface area (Å²) in [4.78, 5) is 2.52. The molecular weight excluding hydrogens is 917 g/mol. The molecular formula is C74H60N2. The second-order valence-corrected chi connectivity index (χ2v) is 22.5. The molecule has 76 heavy (non-hydrogen) atoms. The zero-order valence-electron chi connectivity index (χ0n) is 44.1. The van der Waals surface area contributed by atoms with E-state index in [1.807, 2.05) is 0 Å². The molecule has 0 bridgehead atoms. The first-order chi connectivity index (χ1) is 37.0. The van der Waals surface area contributed by atoms with Crippen LogP contribution >= 0.6 is 0 Å². The van der Waals surface area contributed by atoms with E-state index in [1.165, 1.54) is 87.5 Å². The topological polar surface area (TPSA) is 8.17 Å². The van der Waals surface area contributed by atoms with Crippen molar-refractivity contribution in [3.05, 3.63) is 266 Å². The number of hydrogen-bond donors (Lipinski definition) is 0. The average Bonchev–Trinajstić information content (AvgIpc) is 3.85. The predicted octanol–water partition coefficient (Wildman–Crippen LogP) is 21.0. The van der Waals surface area contributed by atoms with Gasteiger partial charge in [-0.3, -0.25) is 0 Å². The quantitative estimate of drug-likeness (QED) is 0.138. The van der Waals surface area contributed by atoms with Crippen LogP contribution < -0.4 is 4.90 Å². The standard InChI is InChI=1S/C74H60N2/c1-73(2,3)54-44-53(45-55(48-54)74(4,5)6)59-33-19-23-50-24-20-36-67(72(50)59)65-32-14-17-39-70(65)76(68-37-15-12-30-63(68)61-35-21-34-60-58-29-11-10-22-49(58)40-42-62(60)61)57-28-18-25-51(46-57)52-41-43-66-64-31-13-16-38-69(64)75(71(66)47-52)56-26-8-7-9-27-56/h7-48H,1-6H3. The molecule has 1 heterocycles. The van der Waals surface area contributed by atoms with Crippen molar-refractivity contribution < 1.29 is 0 Å². The molecule has 13 rings (SSSR count). The minimum absolute atomic E-state index is 0.0261. The fourth-order valence-electron chi connectivity index (χ4n) is 11.8. The highest BCUT2D eigenvalue weighted by molar-refractivity contribution is 6.15. The van der Waals surface area contributed by atoms with Gasteiger partial charge in [-0.05, 0) is 136 Å². The van der Waals surface area contributed by atoms with Crippen molar-refractivity contribution >= 4 is 71.2 Å². The van der Waals surface area contributed by atoms with E-state index in [-0.39, 0.29) is 10.8 Å². The van der Waals surface area contributed by atoms with Gasteiger partial charge in [0, 0.05) is 33.3 Å². The molecule has 0 N–H and O–H groups in total. The van der Waals surface area contributed by atoms with Gasteiger partial charge in [0.15, 0.2) is 0 Å². The van der Waals surface area contributed by atoms with Gasteiger partial charge in [0.05, 0.1) is 22.4 Å². The third kappa shape index (κ3) is 8.13. The van der Waals surface area contributed by atoms with E-state index >= 15 is 0 Å². The molecule has 13 aromatic rings. The van der Waals surface area contributed by atoms with E-state index in [4.69, 9.17) is 0 Å². The summed E-state index contributed by atoms with van der Waals surface area (Å²) in [5.41, 5.74) is 18.9. The highest BCUT2D eigenvalue weighted by atomic mass is 15.1. The van der Waals surface area contributed by atoms with Gasteiger partial charge in [-0.2, -0.15) is 0 Å². The Kier molecular flexibility index (Phi) is 11.4. The Labute approximate surface area is 446 Å². The summed E-state index contributed by atoms with van der Waals surface area (Å²) in [5.74, 6) is 0. The smallest absolute Gasteiger partial charge is 0.0547 e. The molecule has 12 aromatic carbocycles. The fourth-order valence-corrected chi connectivity index (χ4v) is 11.8. The van der Waals surface area contributed by atoms with Crippen molar-refractivity contribution in [1.29, 1.82) is 0 Å². The van der Waals surface area contributed by atoms with Crippen molar-refractivity contribution in [3.63, 3.8) is 0 Å². The molecule has 0 aliphatic carbocycles. The van der Waals surface area contributed by atoms with Crippen LogP contribution in [0, 0.1) is 0 Å². The van der Waals surface area contributed by atoms with E-state index < -0.39 is 0 Å². The second kappa shape index (κ2) is 18.4. The Morgan fingerprint density at radius 1 is 0.303 bits per heavy atom. The van der Waals surface area contributed by atoms with Gasteiger partial charge in [0.2, 0.25) is 0 Å². The van der Waals surface area contributed by atoms with Crippen LogP contribution in [0.15, 0.2) is 255 Å². The maximum Gasteiger partial charge on any atom is 0.0547 e. The lowest BCUT2D eigenvalue weighted by molar-refractivity contribution is 0.569. The van der Waals surface area contributed by atoms with Crippen LogP contribution in [0.1, 0.15) is 52.7 Å². The summed E-state index contributed by atoms with van der Waals surface area (Å²) in [6.07, 6.45) is 0. The molecule has 0 fully saturated rings. The van der Waals surface area contributed by atoms with Crippen molar-refractivity contribution in [1.82, 2.24) is 4.57 Å². The molecule has 0 radical (unpaired) electrons. The number of rotatable bonds is 8. The van der Waals surface area contributed by atoms with Crippen molar-refractivity contribution in [3.8, 4) is 50.2 Å². The van der Waals surface area contributed by atoms with E-state index in [0.717, 1.165) is 45.0 Å². The lowest BCUT2D eigenvalue weighted by atomic mass is 9.78. The number of benzene rings is 12. The molecule has 0 unspecified atom stereocenters. The van der Waals surface area contributed by atoms with Gasteiger partial charge < -0.3 is 9.47 Å². The maximum absolute atomic E-state index is 2.52. The Bertz CT molecular complexity index is 4330. The summed E-state index contributed by atoms with van der Waals surface area (Å²) in [7, 11) is 0. The minimum Gasteiger partial charge on any atom is -0.309 e. The summed E-state index contributed by atoms with van der Waals surface area (Å²) in [5, 5.41) is 9.91. The number of nitrogens with zero attached hydrogens (tertiary/aromatic N) is 2. The Hall–Kier alpha value is -8.98. The van der Waals surface area contributed by atoms with Crippen molar-refractivity contribution in [2.24, 2.45) is 0 Å². The first kappa shape index (κ1) is 46.8. The van der Waals surface area contributed by atoms with Crippen LogP contribution in [0.25, 0.3) is 104 Å². The summed E-state index contributed by atoms with van der Waals surface area (Å²) < 4.78 is 2.41. The number of para-hydroxylation sites is 4. The second-order valence-electron chi connectivity index (χ2n) is 22.5. The van der Waals surface area contributed by atoms with Crippen LogP contribution in [-0.2, 0) is 10.8 Å². The minimum atomic E-state index is -0.0261. The molecule has 2 heteroatoms. The summed E-state index contributed by atoms with van der Waals surface area (Å²) in [6, 6.07) is 94.8. The molecule has 0 spiro atoms. The Balaban J connectivity index is 1.06. The maximum atomic E-state index is 2.52. The highest BCUT2D eigenvalue weighted by Crippen LogP contribution is 2.49. The number of anilines is 3. The van der Waals surface area contributed by atoms with Gasteiger partial charge in [-0.15, -0.1) is 0 Å². The van der Waals surface area contributed by atoms with E-state index in [9.17, 15) is 0 Å². The monoisotopic (exact) mass is 976 g/mol. The van der Waals surface area contributed by atoms with Crippen LogP contribution in [0.4, 0.5) is 17.1 Å². The molecule has 0 aliphatic rings. The van der Waals surface area contributed by atoms with Gasteiger partial charge >= 0.3 is 0 Å². The number of fused-ring (bicyclic) bond motifs is 7. The van der Waals surface area contributed by atoms with Gasteiger partial charge in [-0.1, -0.05) is 248 Å². The largest absolute Gasteiger partial charge is 0.309 e. The van der Waals surface area contributed by atoms with Gasteiger partial charge in [0.1, 0.15) is 0 Å². The first-order valence-electron chi connectivity index (χ1n) is 26.7. The average molecular weight is 977 g/mol. The third-order valence-corrected chi connectivity index (χ3v) is 15.7. The lowest BCUT2D eigenvalue weighted by Crippen LogP contribution is -2.16. The van der Waals surface area contributed by atoms with Gasteiger partial charge in [-0.25, -0.2) is 0 Å². The summed E-state index contributed by atoms with van der Waals surface area (Å²) in [6.45, 7) is 14.0. The molecule has 2 nitrogen and oxygen atoms in total. The Morgan fingerprint density at radius 2 is 0.829 bits per heavy atom. The third-order valence-electron chi connectivity index (χ3n) is 15.7. The fraction of sp³-hybridized carbons (Fsp3) is 0.108. The lowest BCUT2D eigenvalue weighted by Gasteiger charge is -2.31. The molecule has 0 atom stereocenters. The molecule has 0 saturated carbocycles. The Morgan fingerprint density at radius 3 is 1.57 bits per heavy atom.